The Morgan fingerprint density at radius 1 is 0.975 bits per heavy atom. The monoisotopic (exact) mass is 545 g/mol. The van der Waals surface area contributed by atoms with Crippen LogP contribution in [0.25, 0.3) is 11.1 Å². The first-order valence-corrected chi connectivity index (χ1v) is 13.2. The van der Waals surface area contributed by atoms with E-state index in [1.807, 2.05) is 54.6 Å². The highest BCUT2D eigenvalue weighted by Gasteiger charge is 2.52. The molecule has 0 unspecified atom stereocenters. The lowest BCUT2D eigenvalue weighted by atomic mass is 9.84. The summed E-state index contributed by atoms with van der Waals surface area (Å²) < 4.78 is 12.0. The van der Waals surface area contributed by atoms with E-state index in [1.54, 1.807) is 30.3 Å². The standard InChI is InChI=1S/C31H35N3O6/c1-2-17-31(30(38)34-33-26(20-36)21-37)28(24-11-9-23(10-12-24)22-7-4-3-5-8-22)40-29(32-31)25-13-15-27(16-14-25)39-19-6-18-35/h2-5,7-16,26,28,33,35-37H,1,6,17-21H2,(H,34,38)/t28-,31-/m0/s1. The Morgan fingerprint density at radius 3 is 2.25 bits per heavy atom. The van der Waals surface area contributed by atoms with Crippen molar-refractivity contribution >= 4 is 11.8 Å². The van der Waals surface area contributed by atoms with Crippen LogP contribution >= 0.6 is 0 Å². The fraction of sp³-hybridized carbons (Fsp3) is 0.290. The second-order valence-electron chi connectivity index (χ2n) is 9.43. The zero-order valence-electron chi connectivity index (χ0n) is 22.2. The summed E-state index contributed by atoms with van der Waals surface area (Å²) in [7, 11) is 0. The molecule has 4 rings (SSSR count). The van der Waals surface area contributed by atoms with Crippen molar-refractivity contribution in [1.82, 2.24) is 10.9 Å². The third-order valence-electron chi connectivity index (χ3n) is 6.64. The number of aliphatic hydroxyl groups is 3. The lowest BCUT2D eigenvalue weighted by Crippen LogP contribution is -2.56. The van der Waals surface area contributed by atoms with Crippen molar-refractivity contribution in [1.29, 1.82) is 0 Å². The molecule has 1 aliphatic rings. The van der Waals surface area contributed by atoms with Gasteiger partial charge in [0.1, 0.15) is 5.75 Å². The predicted molar refractivity (Wildman–Crippen MR) is 153 cm³/mol. The third-order valence-corrected chi connectivity index (χ3v) is 6.64. The second kappa shape index (κ2) is 13.9. The molecule has 9 nitrogen and oxygen atoms in total. The largest absolute Gasteiger partial charge is 0.494 e. The number of nitrogens with zero attached hydrogens (tertiary/aromatic N) is 1. The highest BCUT2D eigenvalue weighted by molar-refractivity contribution is 6.01. The van der Waals surface area contributed by atoms with Crippen LogP contribution in [0.2, 0.25) is 0 Å². The number of carbonyl (C=O) groups is 1. The maximum Gasteiger partial charge on any atom is 0.266 e. The molecule has 0 aromatic heterocycles. The van der Waals surface area contributed by atoms with Crippen molar-refractivity contribution in [2.75, 3.05) is 26.4 Å². The molecule has 0 aliphatic carbocycles. The first kappa shape index (κ1) is 29.0. The number of hydrogen-bond donors (Lipinski definition) is 5. The minimum absolute atomic E-state index is 0.0517. The smallest absolute Gasteiger partial charge is 0.266 e. The average molecular weight is 546 g/mol. The summed E-state index contributed by atoms with van der Waals surface area (Å²) in [6.07, 6.45) is 1.53. The summed E-state index contributed by atoms with van der Waals surface area (Å²) in [5.74, 6) is 0.439. The molecule has 3 aromatic rings. The molecule has 0 radical (unpaired) electrons. The Labute approximate surface area is 233 Å². The Morgan fingerprint density at radius 2 is 1.62 bits per heavy atom. The molecule has 0 saturated heterocycles. The first-order valence-electron chi connectivity index (χ1n) is 13.2. The van der Waals surface area contributed by atoms with Gasteiger partial charge in [-0.15, -0.1) is 6.58 Å². The van der Waals surface area contributed by atoms with Crippen LogP contribution in [0.5, 0.6) is 5.75 Å². The van der Waals surface area contributed by atoms with Gasteiger partial charge in [0, 0.05) is 25.0 Å². The van der Waals surface area contributed by atoms with Crippen LogP contribution in [-0.2, 0) is 9.53 Å². The molecule has 40 heavy (non-hydrogen) atoms. The van der Waals surface area contributed by atoms with Crippen LogP contribution < -0.4 is 15.6 Å². The van der Waals surface area contributed by atoms with E-state index in [9.17, 15) is 15.0 Å². The van der Waals surface area contributed by atoms with Crippen LogP contribution in [0.15, 0.2) is 96.5 Å². The lowest BCUT2D eigenvalue weighted by Gasteiger charge is -2.30. The first-order chi connectivity index (χ1) is 19.5. The Bertz CT molecular complexity index is 1280. The van der Waals surface area contributed by atoms with Crippen LogP contribution in [0.1, 0.15) is 30.1 Å². The average Bonchev–Trinajstić information content (AvgIpc) is 3.39. The van der Waals surface area contributed by atoms with Crippen molar-refractivity contribution in [3.63, 3.8) is 0 Å². The molecule has 3 aromatic carbocycles. The van der Waals surface area contributed by atoms with E-state index in [1.165, 1.54) is 0 Å². The second-order valence-corrected chi connectivity index (χ2v) is 9.43. The minimum atomic E-state index is -1.41. The van der Waals surface area contributed by atoms with Gasteiger partial charge in [0.2, 0.25) is 5.90 Å². The van der Waals surface area contributed by atoms with Gasteiger partial charge in [0.05, 0.1) is 25.9 Å². The Balaban J connectivity index is 1.67. The van der Waals surface area contributed by atoms with Gasteiger partial charge in [-0.05, 0) is 41.0 Å². The fourth-order valence-electron chi connectivity index (χ4n) is 4.44. The number of hydrazine groups is 1. The third kappa shape index (κ3) is 6.57. The zero-order valence-corrected chi connectivity index (χ0v) is 22.2. The summed E-state index contributed by atoms with van der Waals surface area (Å²) in [5.41, 5.74) is 7.38. The van der Waals surface area contributed by atoms with E-state index in [0.29, 0.717) is 24.3 Å². The van der Waals surface area contributed by atoms with Crippen molar-refractivity contribution in [3.05, 3.63) is 103 Å². The fourth-order valence-corrected chi connectivity index (χ4v) is 4.44. The van der Waals surface area contributed by atoms with Gasteiger partial charge in [-0.2, -0.15) is 0 Å². The van der Waals surface area contributed by atoms with Crippen molar-refractivity contribution in [3.8, 4) is 16.9 Å². The van der Waals surface area contributed by atoms with Crippen molar-refractivity contribution < 1.29 is 29.6 Å². The molecule has 1 amide bonds. The molecule has 2 atom stereocenters. The molecule has 0 fully saturated rings. The molecule has 1 heterocycles. The molecule has 210 valence electrons. The number of carbonyl (C=O) groups excluding carboxylic acids is 1. The SMILES string of the molecule is C=CC[C@]1(C(=O)NNC(CO)CO)N=C(c2ccc(OCCCO)cc2)O[C@H]1c1ccc(-c2ccccc2)cc1. The molecule has 0 spiro atoms. The van der Waals surface area contributed by atoms with Crippen LogP contribution in [0, 0.1) is 0 Å². The summed E-state index contributed by atoms with van der Waals surface area (Å²) in [5, 5.41) is 27.9. The Hall–Kier alpha value is -4.02. The van der Waals surface area contributed by atoms with Crippen molar-refractivity contribution in [2.45, 2.75) is 30.5 Å². The molecule has 0 saturated carbocycles. The van der Waals surface area contributed by atoms with Gasteiger partial charge in [-0.3, -0.25) is 10.2 Å². The van der Waals surface area contributed by atoms with Crippen LogP contribution in [0.3, 0.4) is 0 Å². The molecular weight excluding hydrogens is 510 g/mol. The van der Waals surface area contributed by atoms with Gasteiger partial charge < -0.3 is 24.8 Å². The minimum Gasteiger partial charge on any atom is -0.494 e. The number of nitrogens with one attached hydrogen (secondary N) is 2. The van der Waals surface area contributed by atoms with E-state index < -0.39 is 23.6 Å². The number of amides is 1. The predicted octanol–water partition coefficient (Wildman–Crippen LogP) is 2.92. The highest BCUT2D eigenvalue weighted by atomic mass is 16.5. The van der Waals surface area contributed by atoms with Gasteiger partial charge in [0.25, 0.3) is 5.91 Å². The summed E-state index contributed by atoms with van der Waals surface area (Å²) in [6, 6.07) is 24.2. The number of hydrogen-bond acceptors (Lipinski definition) is 8. The van der Waals surface area contributed by atoms with E-state index in [-0.39, 0.29) is 32.1 Å². The van der Waals surface area contributed by atoms with E-state index in [0.717, 1.165) is 16.7 Å². The molecule has 5 N–H and O–H groups in total. The van der Waals surface area contributed by atoms with Gasteiger partial charge in [-0.25, -0.2) is 10.4 Å². The Kier molecular flexibility index (Phi) is 10.0. The zero-order chi connectivity index (χ0) is 28.4. The maximum atomic E-state index is 13.7. The summed E-state index contributed by atoms with van der Waals surface area (Å²) >= 11 is 0. The van der Waals surface area contributed by atoms with E-state index in [2.05, 4.69) is 17.4 Å². The quantitative estimate of drug-likeness (QED) is 0.120. The number of ether oxygens (including phenoxy) is 2. The maximum absolute atomic E-state index is 13.7. The normalized spacial score (nSPS) is 18.2. The van der Waals surface area contributed by atoms with Gasteiger partial charge >= 0.3 is 0 Å². The van der Waals surface area contributed by atoms with E-state index in [4.69, 9.17) is 19.6 Å². The number of benzene rings is 3. The van der Waals surface area contributed by atoms with Gasteiger partial charge in [0.15, 0.2) is 11.6 Å². The van der Waals surface area contributed by atoms with Crippen molar-refractivity contribution in [2.24, 2.45) is 4.99 Å². The van der Waals surface area contributed by atoms with Crippen LogP contribution in [-0.4, -0.2) is 65.1 Å². The number of aliphatic hydroxyl groups excluding tert-OH is 3. The summed E-state index contributed by atoms with van der Waals surface area (Å²) in [4.78, 5) is 18.6. The van der Waals surface area contributed by atoms with Crippen LogP contribution in [0.4, 0.5) is 0 Å². The molecule has 1 aliphatic heterocycles. The number of aliphatic imine (C=N–C) groups is 1. The van der Waals surface area contributed by atoms with E-state index >= 15 is 0 Å². The lowest BCUT2D eigenvalue weighted by molar-refractivity contribution is -0.130. The highest BCUT2D eigenvalue weighted by Crippen LogP contribution is 2.43. The summed E-state index contributed by atoms with van der Waals surface area (Å²) in [6.45, 7) is 3.58. The number of rotatable bonds is 14. The topological polar surface area (TPSA) is 133 Å². The van der Waals surface area contributed by atoms with Gasteiger partial charge in [-0.1, -0.05) is 60.7 Å². The molecule has 9 heteroatoms. The molecular formula is C31H35N3O6. The molecule has 0 bridgehead atoms.